The Morgan fingerprint density at radius 2 is 1.22 bits per heavy atom. The van der Waals surface area contributed by atoms with E-state index in [1.54, 1.807) is 0 Å². The lowest BCUT2D eigenvalue weighted by molar-refractivity contribution is -0.0264. The molecule has 0 fully saturated rings. The van der Waals surface area contributed by atoms with Crippen LogP contribution < -0.4 is 9.47 Å². The molecule has 130 valence electrons. The van der Waals surface area contributed by atoms with Gasteiger partial charge in [-0.3, -0.25) is 0 Å². The lowest BCUT2D eigenvalue weighted by Gasteiger charge is -2.17. The lowest BCUT2D eigenvalue weighted by Crippen LogP contribution is -2.21. The van der Waals surface area contributed by atoms with Crippen molar-refractivity contribution in [2.24, 2.45) is 0 Å². The van der Waals surface area contributed by atoms with Crippen molar-refractivity contribution in [2.75, 3.05) is 59.5 Å². The van der Waals surface area contributed by atoms with E-state index < -0.39 is 0 Å². The molecule has 1 aliphatic heterocycles. The van der Waals surface area contributed by atoms with Crippen molar-refractivity contribution < 1.29 is 28.4 Å². The van der Waals surface area contributed by atoms with Crippen LogP contribution in [0.15, 0.2) is 24.3 Å². The average molecular weight is 326 g/mol. The van der Waals surface area contributed by atoms with E-state index in [9.17, 15) is 0 Å². The van der Waals surface area contributed by atoms with E-state index in [4.69, 9.17) is 28.4 Å². The highest BCUT2D eigenvalue weighted by atomic mass is 16.6. The molecule has 6 nitrogen and oxygen atoms in total. The Balaban J connectivity index is 1.85. The summed E-state index contributed by atoms with van der Waals surface area (Å²) in [6.45, 7) is 6.70. The van der Waals surface area contributed by atoms with Crippen LogP contribution in [0.25, 0.3) is 0 Å². The Kier molecular flexibility index (Phi) is 8.80. The largest absolute Gasteiger partial charge is 0.487 e. The van der Waals surface area contributed by atoms with E-state index in [-0.39, 0.29) is 6.10 Å². The monoisotopic (exact) mass is 326 g/mol. The summed E-state index contributed by atoms with van der Waals surface area (Å²) >= 11 is 0. The van der Waals surface area contributed by atoms with Crippen LogP contribution in [-0.4, -0.2) is 65.6 Å². The normalized spacial score (nSPS) is 22.7. The quantitative estimate of drug-likeness (QED) is 0.726. The molecule has 0 saturated carbocycles. The van der Waals surface area contributed by atoms with Crippen LogP contribution in [0.2, 0.25) is 0 Å². The molecular weight excluding hydrogens is 300 g/mol. The molecule has 1 aromatic rings. The molecule has 1 unspecified atom stereocenters. The second-order valence-electron chi connectivity index (χ2n) is 5.12. The smallest absolute Gasteiger partial charge is 0.161 e. The van der Waals surface area contributed by atoms with E-state index in [1.807, 2.05) is 31.2 Å². The zero-order chi connectivity index (χ0) is 16.2. The van der Waals surface area contributed by atoms with Gasteiger partial charge in [0, 0.05) is 0 Å². The number of benzene rings is 1. The minimum absolute atomic E-state index is 0.0230. The number of para-hydroxylation sites is 2. The third-order valence-corrected chi connectivity index (χ3v) is 3.18. The van der Waals surface area contributed by atoms with Gasteiger partial charge in [0.05, 0.1) is 52.4 Å². The van der Waals surface area contributed by atoms with Gasteiger partial charge in [-0.25, -0.2) is 0 Å². The number of fused-ring (bicyclic) bond motifs is 1. The number of hydrogen-bond donors (Lipinski definition) is 0. The van der Waals surface area contributed by atoms with Crippen molar-refractivity contribution >= 4 is 0 Å². The maximum atomic E-state index is 5.79. The van der Waals surface area contributed by atoms with E-state index >= 15 is 0 Å². The van der Waals surface area contributed by atoms with Crippen molar-refractivity contribution in [1.82, 2.24) is 0 Å². The zero-order valence-electron chi connectivity index (χ0n) is 13.7. The molecule has 0 N–H and O–H groups in total. The Morgan fingerprint density at radius 3 is 1.87 bits per heavy atom. The van der Waals surface area contributed by atoms with Gasteiger partial charge in [0.2, 0.25) is 0 Å². The predicted molar refractivity (Wildman–Crippen MR) is 85.3 cm³/mol. The fourth-order valence-electron chi connectivity index (χ4n) is 2.00. The third-order valence-electron chi connectivity index (χ3n) is 3.18. The molecule has 1 aromatic carbocycles. The fourth-order valence-corrected chi connectivity index (χ4v) is 2.00. The van der Waals surface area contributed by atoms with Gasteiger partial charge < -0.3 is 28.4 Å². The highest BCUT2D eigenvalue weighted by molar-refractivity contribution is 5.39. The van der Waals surface area contributed by atoms with Crippen LogP contribution in [0, 0.1) is 0 Å². The molecule has 6 heteroatoms. The van der Waals surface area contributed by atoms with Gasteiger partial charge in [0.1, 0.15) is 13.2 Å². The molecule has 1 aliphatic rings. The number of hydrogen-bond acceptors (Lipinski definition) is 6. The molecule has 0 saturated heterocycles. The van der Waals surface area contributed by atoms with Gasteiger partial charge in [-0.05, 0) is 19.1 Å². The molecule has 2 rings (SSSR count). The van der Waals surface area contributed by atoms with Gasteiger partial charge in [-0.15, -0.1) is 0 Å². The average Bonchev–Trinajstić information content (AvgIpc) is 2.57. The van der Waals surface area contributed by atoms with Crippen LogP contribution in [0.3, 0.4) is 0 Å². The Morgan fingerprint density at radius 1 is 0.696 bits per heavy atom. The highest BCUT2D eigenvalue weighted by Crippen LogP contribution is 2.26. The summed E-state index contributed by atoms with van der Waals surface area (Å²) in [5, 5.41) is 0. The van der Waals surface area contributed by atoms with Crippen LogP contribution in [0.5, 0.6) is 11.5 Å². The molecule has 23 heavy (non-hydrogen) atoms. The first kappa shape index (κ1) is 18.0. The van der Waals surface area contributed by atoms with Crippen molar-refractivity contribution in [3.05, 3.63) is 24.3 Å². The van der Waals surface area contributed by atoms with Crippen LogP contribution >= 0.6 is 0 Å². The summed E-state index contributed by atoms with van der Waals surface area (Å²) in [7, 11) is 0. The lowest BCUT2D eigenvalue weighted by atomic mass is 10.3. The Bertz CT molecular complexity index is 425. The van der Waals surface area contributed by atoms with Crippen LogP contribution in [-0.2, 0) is 18.9 Å². The van der Waals surface area contributed by atoms with E-state index in [0.29, 0.717) is 71.0 Å². The fraction of sp³-hybridized carbons (Fsp3) is 0.647. The van der Waals surface area contributed by atoms with Crippen LogP contribution in [0.1, 0.15) is 6.92 Å². The topological polar surface area (TPSA) is 55.4 Å². The maximum absolute atomic E-state index is 5.79. The van der Waals surface area contributed by atoms with Crippen molar-refractivity contribution in [2.45, 2.75) is 13.0 Å². The molecule has 0 aromatic heterocycles. The molecule has 1 heterocycles. The molecule has 1 atom stereocenters. The summed E-state index contributed by atoms with van der Waals surface area (Å²) in [5.74, 6) is 1.42. The van der Waals surface area contributed by atoms with E-state index in [2.05, 4.69) is 0 Å². The van der Waals surface area contributed by atoms with Crippen molar-refractivity contribution in [3.8, 4) is 11.5 Å². The third kappa shape index (κ3) is 7.65. The first-order valence-electron chi connectivity index (χ1n) is 8.05. The van der Waals surface area contributed by atoms with E-state index in [0.717, 1.165) is 0 Å². The minimum atomic E-state index is -0.0230. The first-order chi connectivity index (χ1) is 11.4. The SMILES string of the molecule is CC1COc2ccccc2OCCOCCOCCOCCO1. The summed E-state index contributed by atoms with van der Waals surface area (Å²) in [6, 6.07) is 7.61. The summed E-state index contributed by atoms with van der Waals surface area (Å²) < 4.78 is 33.5. The first-order valence-corrected chi connectivity index (χ1v) is 8.05. The standard InChI is InChI=1S/C17H26O6/c1-15-14-23-17-5-3-2-4-16(17)22-13-11-20-9-7-18-6-8-19-10-12-21-15/h2-5,15H,6-14H2,1H3. The number of rotatable bonds is 0. The van der Waals surface area contributed by atoms with Crippen molar-refractivity contribution in [3.63, 3.8) is 0 Å². The van der Waals surface area contributed by atoms with Gasteiger partial charge >= 0.3 is 0 Å². The van der Waals surface area contributed by atoms with Crippen molar-refractivity contribution in [1.29, 1.82) is 0 Å². The predicted octanol–water partition coefficient (Wildman–Crippen LogP) is 1.91. The highest BCUT2D eigenvalue weighted by Gasteiger charge is 2.08. The molecule has 0 amide bonds. The summed E-state index contributed by atoms with van der Waals surface area (Å²) in [6.07, 6.45) is -0.0230. The Labute approximate surface area is 137 Å². The molecular formula is C17H26O6. The van der Waals surface area contributed by atoms with Gasteiger partial charge in [-0.2, -0.15) is 0 Å². The second-order valence-corrected chi connectivity index (χ2v) is 5.12. The number of ether oxygens (including phenoxy) is 6. The summed E-state index contributed by atoms with van der Waals surface area (Å²) in [5.41, 5.74) is 0. The minimum Gasteiger partial charge on any atom is -0.487 e. The Hall–Kier alpha value is -1.34. The second kappa shape index (κ2) is 11.2. The van der Waals surface area contributed by atoms with Gasteiger partial charge in [0.25, 0.3) is 0 Å². The molecule has 0 radical (unpaired) electrons. The van der Waals surface area contributed by atoms with Gasteiger partial charge in [0.15, 0.2) is 11.5 Å². The summed E-state index contributed by atoms with van der Waals surface area (Å²) in [4.78, 5) is 0. The molecule has 0 aliphatic carbocycles. The molecule has 0 spiro atoms. The zero-order valence-corrected chi connectivity index (χ0v) is 13.7. The van der Waals surface area contributed by atoms with Crippen LogP contribution in [0.4, 0.5) is 0 Å². The van der Waals surface area contributed by atoms with Gasteiger partial charge in [-0.1, -0.05) is 12.1 Å². The van der Waals surface area contributed by atoms with E-state index in [1.165, 1.54) is 0 Å². The molecule has 0 bridgehead atoms. The maximum Gasteiger partial charge on any atom is 0.161 e.